The molecular formula is C10H18N4S. The van der Waals surface area contributed by atoms with Gasteiger partial charge in [0.25, 0.3) is 0 Å². The lowest BCUT2D eigenvalue weighted by atomic mass is 9.83. The molecule has 0 spiro atoms. The van der Waals surface area contributed by atoms with Crippen molar-refractivity contribution in [1.82, 2.24) is 14.5 Å². The summed E-state index contributed by atoms with van der Waals surface area (Å²) >= 11 is 1.28. The smallest absolute Gasteiger partial charge is 0.132 e. The second-order valence-corrected chi connectivity index (χ2v) is 5.81. The number of nitrogens with two attached hydrogens (primary N) is 1. The lowest BCUT2D eigenvalue weighted by Gasteiger charge is -2.36. The molecule has 0 bridgehead atoms. The van der Waals surface area contributed by atoms with Crippen LogP contribution in [-0.2, 0) is 6.54 Å². The number of likely N-dealkylation sites (tertiary alicyclic amines) is 1. The van der Waals surface area contributed by atoms with Gasteiger partial charge in [-0.15, -0.1) is 5.10 Å². The summed E-state index contributed by atoms with van der Waals surface area (Å²) in [7, 11) is 0. The highest BCUT2D eigenvalue weighted by atomic mass is 32.1. The number of rotatable bonds is 2. The fraction of sp³-hybridized carbons (Fsp3) is 0.800. The van der Waals surface area contributed by atoms with Crippen LogP contribution < -0.4 is 5.73 Å². The number of hydrogen-bond donors (Lipinski definition) is 1. The van der Waals surface area contributed by atoms with Crippen LogP contribution in [0.15, 0.2) is 0 Å². The van der Waals surface area contributed by atoms with Crippen molar-refractivity contribution in [2.24, 2.45) is 5.41 Å². The van der Waals surface area contributed by atoms with Crippen molar-refractivity contribution in [2.45, 2.75) is 33.2 Å². The van der Waals surface area contributed by atoms with E-state index < -0.39 is 0 Å². The Balaban J connectivity index is 1.90. The average Bonchev–Trinajstić information content (AvgIpc) is 2.56. The van der Waals surface area contributed by atoms with Crippen LogP contribution in [0.2, 0.25) is 0 Å². The maximum atomic E-state index is 5.78. The molecule has 0 radical (unpaired) electrons. The molecule has 2 rings (SSSR count). The maximum absolute atomic E-state index is 5.78. The van der Waals surface area contributed by atoms with Crippen molar-refractivity contribution < 1.29 is 0 Å². The van der Waals surface area contributed by atoms with E-state index in [1.165, 1.54) is 24.4 Å². The molecule has 2 N–H and O–H groups in total. The number of hydrogen-bond acceptors (Lipinski definition) is 5. The maximum Gasteiger partial charge on any atom is 0.132 e. The van der Waals surface area contributed by atoms with Crippen molar-refractivity contribution in [3.63, 3.8) is 0 Å². The number of piperidine rings is 1. The van der Waals surface area contributed by atoms with E-state index in [4.69, 9.17) is 5.73 Å². The first-order chi connectivity index (χ1) is 7.07. The van der Waals surface area contributed by atoms with Crippen LogP contribution in [0.25, 0.3) is 0 Å². The van der Waals surface area contributed by atoms with E-state index in [1.54, 1.807) is 0 Å². The highest BCUT2D eigenvalue weighted by Crippen LogP contribution is 2.30. The zero-order valence-electron chi connectivity index (χ0n) is 9.36. The lowest BCUT2D eigenvalue weighted by molar-refractivity contribution is 0.126. The molecule has 0 saturated carbocycles. The first-order valence-electron chi connectivity index (χ1n) is 5.36. The van der Waals surface area contributed by atoms with Crippen molar-refractivity contribution >= 4 is 16.5 Å². The molecule has 5 heteroatoms. The van der Waals surface area contributed by atoms with Gasteiger partial charge in [-0.25, -0.2) is 0 Å². The van der Waals surface area contributed by atoms with E-state index in [2.05, 4.69) is 28.3 Å². The van der Waals surface area contributed by atoms with Gasteiger partial charge in [0.05, 0.1) is 0 Å². The van der Waals surface area contributed by atoms with Crippen LogP contribution >= 0.6 is 11.5 Å². The summed E-state index contributed by atoms with van der Waals surface area (Å²) in [5.74, 6) is 0. The molecule has 0 amide bonds. The molecule has 1 fully saturated rings. The van der Waals surface area contributed by atoms with Gasteiger partial charge in [-0.2, -0.15) is 0 Å². The molecular weight excluding hydrogens is 208 g/mol. The molecule has 0 aliphatic carbocycles. The normalized spacial score (nSPS) is 21.7. The topological polar surface area (TPSA) is 55.0 Å². The number of nitrogen functional groups attached to an aromatic ring is 1. The number of nitrogens with zero attached hydrogens (tertiary/aromatic N) is 3. The summed E-state index contributed by atoms with van der Waals surface area (Å²) < 4.78 is 3.86. The van der Waals surface area contributed by atoms with Crippen LogP contribution in [0.1, 0.15) is 32.4 Å². The number of anilines is 1. The largest absolute Gasteiger partial charge is 0.388 e. The molecule has 84 valence electrons. The summed E-state index contributed by atoms with van der Waals surface area (Å²) in [5, 5.41) is 4.81. The van der Waals surface area contributed by atoms with Gasteiger partial charge in [-0.05, 0) is 31.3 Å². The molecule has 1 aliphatic rings. The van der Waals surface area contributed by atoms with Crippen molar-refractivity contribution in [3.05, 3.63) is 5.69 Å². The fourth-order valence-electron chi connectivity index (χ4n) is 1.85. The SMILES string of the molecule is CC1(C)CCN(Cc2nnsc2N)CC1. The quantitative estimate of drug-likeness (QED) is 0.834. The minimum absolute atomic E-state index is 0.502. The Morgan fingerprint density at radius 1 is 1.40 bits per heavy atom. The summed E-state index contributed by atoms with van der Waals surface area (Å²) in [6, 6.07) is 0. The highest BCUT2D eigenvalue weighted by Gasteiger charge is 2.25. The lowest BCUT2D eigenvalue weighted by Crippen LogP contribution is -2.37. The van der Waals surface area contributed by atoms with Gasteiger partial charge in [-0.3, -0.25) is 4.90 Å². The second-order valence-electron chi connectivity index (χ2n) is 5.02. The second kappa shape index (κ2) is 4.06. The zero-order chi connectivity index (χ0) is 10.9. The van der Waals surface area contributed by atoms with Gasteiger partial charge in [0, 0.05) is 18.1 Å². The van der Waals surface area contributed by atoms with Crippen LogP contribution in [0, 0.1) is 5.41 Å². The minimum atomic E-state index is 0.502. The molecule has 1 aromatic rings. The third-order valence-electron chi connectivity index (χ3n) is 3.17. The first-order valence-corrected chi connectivity index (χ1v) is 6.13. The van der Waals surface area contributed by atoms with E-state index in [9.17, 15) is 0 Å². The molecule has 15 heavy (non-hydrogen) atoms. The van der Waals surface area contributed by atoms with Gasteiger partial charge in [0.15, 0.2) is 0 Å². The zero-order valence-corrected chi connectivity index (χ0v) is 10.2. The van der Waals surface area contributed by atoms with E-state index in [1.807, 2.05) is 0 Å². The molecule has 1 aromatic heterocycles. The molecule has 0 unspecified atom stereocenters. The van der Waals surface area contributed by atoms with Gasteiger partial charge >= 0.3 is 0 Å². The van der Waals surface area contributed by atoms with E-state index >= 15 is 0 Å². The number of aromatic nitrogens is 2. The van der Waals surface area contributed by atoms with Crippen molar-refractivity contribution in [2.75, 3.05) is 18.8 Å². The monoisotopic (exact) mass is 226 g/mol. The molecule has 1 aliphatic heterocycles. The van der Waals surface area contributed by atoms with Crippen LogP contribution in [0.3, 0.4) is 0 Å². The Kier molecular flexibility index (Phi) is 2.93. The Labute approximate surface area is 94.6 Å². The average molecular weight is 226 g/mol. The van der Waals surface area contributed by atoms with Gasteiger partial charge in [-0.1, -0.05) is 18.3 Å². The Morgan fingerprint density at radius 3 is 2.60 bits per heavy atom. The summed E-state index contributed by atoms with van der Waals surface area (Å²) in [4.78, 5) is 2.42. The Morgan fingerprint density at radius 2 is 2.07 bits per heavy atom. The van der Waals surface area contributed by atoms with Crippen molar-refractivity contribution in [1.29, 1.82) is 0 Å². The van der Waals surface area contributed by atoms with Crippen LogP contribution in [-0.4, -0.2) is 27.6 Å². The standard InChI is InChI=1S/C10H18N4S/c1-10(2)3-5-14(6-4-10)7-8-9(11)15-13-12-8/h3-7,11H2,1-2H3. The first kappa shape index (κ1) is 10.8. The van der Waals surface area contributed by atoms with Crippen molar-refractivity contribution in [3.8, 4) is 0 Å². The minimum Gasteiger partial charge on any atom is -0.388 e. The Hall–Kier alpha value is -0.680. The van der Waals surface area contributed by atoms with E-state index in [0.29, 0.717) is 5.41 Å². The van der Waals surface area contributed by atoms with E-state index in [0.717, 1.165) is 30.3 Å². The molecule has 2 heterocycles. The van der Waals surface area contributed by atoms with Crippen LogP contribution in [0.5, 0.6) is 0 Å². The van der Waals surface area contributed by atoms with Crippen LogP contribution in [0.4, 0.5) is 5.00 Å². The Bertz CT molecular complexity index is 324. The van der Waals surface area contributed by atoms with E-state index in [-0.39, 0.29) is 0 Å². The predicted octanol–water partition coefficient (Wildman–Crippen LogP) is 1.74. The van der Waals surface area contributed by atoms with Gasteiger partial charge in [0.1, 0.15) is 10.7 Å². The summed E-state index contributed by atoms with van der Waals surface area (Å²) in [6.07, 6.45) is 2.51. The summed E-state index contributed by atoms with van der Waals surface area (Å²) in [5.41, 5.74) is 7.22. The molecule has 0 atom stereocenters. The molecule has 1 saturated heterocycles. The molecule has 0 aromatic carbocycles. The van der Waals surface area contributed by atoms with Gasteiger partial charge in [0.2, 0.25) is 0 Å². The third kappa shape index (κ3) is 2.66. The summed E-state index contributed by atoms with van der Waals surface area (Å²) in [6.45, 7) is 7.82. The fourth-order valence-corrected chi connectivity index (χ4v) is 2.29. The third-order valence-corrected chi connectivity index (χ3v) is 3.76. The van der Waals surface area contributed by atoms with Gasteiger partial charge < -0.3 is 5.73 Å². The predicted molar refractivity (Wildman–Crippen MR) is 62.6 cm³/mol. The highest BCUT2D eigenvalue weighted by molar-refractivity contribution is 7.09. The molecule has 4 nitrogen and oxygen atoms in total.